The molecule has 2 aromatic carbocycles. The van der Waals surface area contributed by atoms with Crippen LogP contribution in [0.4, 0.5) is 0 Å². The maximum absolute atomic E-state index is 13.5. The summed E-state index contributed by atoms with van der Waals surface area (Å²) in [6.07, 6.45) is 0.650. The molecule has 0 aliphatic heterocycles. The van der Waals surface area contributed by atoms with Gasteiger partial charge in [-0.05, 0) is 36.6 Å². The Bertz CT molecular complexity index is 1040. The van der Waals surface area contributed by atoms with Gasteiger partial charge in [0.1, 0.15) is 6.61 Å². The van der Waals surface area contributed by atoms with Crippen molar-refractivity contribution in [1.82, 2.24) is 9.80 Å². The molecule has 0 radical (unpaired) electrons. The topological polar surface area (TPSA) is 59.1 Å². The number of rotatable bonds is 14. The summed E-state index contributed by atoms with van der Waals surface area (Å²) in [5.41, 5.74) is 2.06. The molecule has 0 unspecified atom stereocenters. The Hall–Kier alpha value is -3.00. The van der Waals surface area contributed by atoms with E-state index in [0.29, 0.717) is 39.3 Å². The quantitative estimate of drug-likeness (QED) is 0.306. The zero-order valence-electron chi connectivity index (χ0n) is 20.5. The van der Waals surface area contributed by atoms with Crippen molar-refractivity contribution in [3.05, 3.63) is 93.7 Å². The van der Waals surface area contributed by atoms with Gasteiger partial charge in [0.05, 0.1) is 19.7 Å². The molecule has 2 amide bonds. The van der Waals surface area contributed by atoms with Crippen molar-refractivity contribution in [2.75, 3.05) is 33.4 Å². The SMILES string of the molecule is COCCCN(CC(=O)N(Cc1ccccc1)Cc1ccc(C)s1)C(=O)COCc1ccccc1. The first kappa shape index (κ1) is 26.6. The van der Waals surface area contributed by atoms with Gasteiger partial charge in [-0.3, -0.25) is 9.59 Å². The van der Waals surface area contributed by atoms with E-state index in [2.05, 4.69) is 19.1 Å². The lowest BCUT2D eigenvalue weighted by Crippen LogP contribution is -2.44. The van der Waals surface area contributed by atoms with E-state index in [0.717, 1.165) is 16.0 Å². The van der Waals surface area contributed by atoms with E-state index in [1.54, 1.807) is 23.3 Å². The van der Waals surface area contributed by atoms with Gasteiger partial charge in [-0.2, -0.15) is 0 Å². The zero-order valence-corrected chi connectivity index (χ0v) is 21.3. The second kappa shape index (κ2) is 14.4. The average Bonchev–Trinajstić information content (AvgIpc) is 3.28. The molecule has 1 aromatic heterocycles. The predicted molar refractivity (Wildman–Crippen MR) is 139 cm³/mol. The van der Waals surface area contributed by atoms with Gasteiger partial charge in [0.25, 0.3) is 0 Å². The lowest BCUT2D eigenvalue weighted by atomic mass is 10.2. The maximum Gasteiger partial charge on any atom is 0.249 e. The molecule has 186 valence electrons. The molecule has 6 nitrogen and oxygen atoms in total. The van der Waals surface area contributed by atoms with Crippen LogP contribution in [-0.2, 0) is 38.8 Å². The summed E-state index contributed by atoms with van der Waals surface area (Å²) in [4.78, 5) is 32.2. The molecule has 0 saturated carbocycles. The van der Waals surface area contributed by atoms with E-state index >= 15 is 0 Å². The van der Waals surface area contributed by atoms with Crippen molar-refractivity contribution in [2.24, 2.45) is 0 Å². The summed E-state index contributed by atoms with van der Waals surface area (Å²) in [6, 6.07) is 23.8. The number of amides is 2. The normalized spacial score (nSPS) is 10.8. The highest BCUT2D eigenvalue weighted by atomic mass is 32.1. The van der Waals surface area contributed by atoms with Crippen molar-refractivity contribution in [3.8, 4) is 0 Å². The lowest BCUT2D eigenvalue weighted by Gasteiger charge is -2.28. The minimum Gasteiger partial charge on any atom is -0.385 e. The molecule has 0 atom stereocenters. The Morgan fingerprint density at radius 2 is 1.51 bits per heavy atom. The van der Waals surface area contributed by atoms with Crippen molar-refractivity contribution >= 4 is 23.2 Å². The molecule has 0 fully saturated rings. The summed E-state index contributed by atoms with van der Waals surface area (Å²) in [6.45, 7) is 4.30. The molecule has 0 saturated heterocycles. The molecular weight excluding hydrogens is 460 g/mol. The van der Waals surface area contributed by atoms with Crippen LogP contribution >= 0.6 is 11.3 Å². The van der Waals surface area contributed by atoms with E-state index in [1.165, 1.54) is 4.88 Å². The molecule has 3 rings (SSSR count). The molecule has 0 N–H and O–H groups in total. The molecular formula is C28H34N2O4S. The highest BCUT2D eigenvalue weighted by molar-refractivity contribution is 7.11. The van der Waals surface area contributed by atoms with E-state index in [-0.39, 0.29) is 25.0 Å². The van der Waals surface area contributed by atoms with Crippen molar-refractivity contribution in [2.45, 2.75) is 33.0 Å². The number of nitrogens with zero attached hydrogens (tertiary/aromatic N) is 2. The molecule has 0 spiro atoms. The highest BCUT2D eigenvalue weighted by Crippen LogP contribution is 2.19. The molecule has 1 heterocycles. The van der Waals surface area contributed by atoms with E-state index in [9.17, 15) is 9.59 Å². The third-order valence-electron chi connectivity index (χ3n) is 5.50. The monoisotopic (exact) mass is 494 g/mol. The Morgan fingerprint density at radius 1 is 0.829 bits per heavy atom. The fraction of sp³-hybridized carbons (Fsp3) is 0.357. The fourth-order valence-electron chi connectivity index (χ4n) is 3.67. The minimum absolute atomic E-state index is 0.00837. The van der Waals surface area contributed by atoms with E-state index in [1.807, 2.05) is 65.6 Å². The number of hydrogen-bond donors (Lipinski definition) is 0. The maximum atomic E-state index is 13.5. The van der Waals surface area contributed by atoms with Crippen LogP contribution in [0.3, 0.4) is 0 Å². The number of thiophene rings is 1. The molecule has 0 aliphatic rings. The van der Waals surface area contributed by atoms with Gasteiger partial charge in [-0.15, -0.1) is 11.3 Å². The summed E-state index contributed by atoms with van der Waals surface area (Å²) < 4.78 is 10.8. The van der Waals surface area contributed by atoms with Gasteiger partial charge in [-0.25, -0.2) is 0 Å². The van der Waals surface area contributed by atoms with Crippen LogP contribution < -0.4 is 0 Å². The minimum atomic E-state index is -0.197. The number of carbonyl (C=O) groups excluding carboxylic acids is 2. The molecule has 3 aromatic rings. The van der Waals surface area contributed by atoms with Gasteiger partial charge in [0.15, 0.2) is 0 Å². The first-order valence-electron chi connectivity index (χ1n) is 11.8. The molecule has 0 aliphatic carbocycles. The van der Waals surface area contributed by atoms with E-state index in [4.69, 9.17) is 9.47 Å². The van der Waals surface area contributed by atoms with Crippen molar-refractivity contribution in [1.29, 1.82) is 0 Å². The summed E-state index contributed by atoms with van der Waals surface area (Å²) in [7, 11) is 1.63. The zero-order chi connectivity index (χ0) is 24.9. The molecule has 0 bridgehead atoms. The van der Waals surface area contributed by atoms with E-state index < -0.39 is 0 Å². The van der Waals surface area contributed by atoms with Crippen LogP contribution in [0.5, 0.6) is 0 Å². The van der Waals surface area contributed by atoms with Crippen molar-refractivity contribution < 1.29 is 19.1 Å². The summed E-state index contributed by atoms with van der Waals surface area (Å²) >= 11 is 1.68. The van der Waals surface area contributed by atoms with Crippen LogP contribution in [0.2, 0.25) is 0 Å². The average molecular weight is 495 g/mol. The van der Waals surface area contributed by atoms with Crippen LogP contribution in [0, 0.1) is 6.92 Å². The van der Waals surface area contributed by atoms with Gasteiger partial charge in [-0.1, -0.05) is 60.7 Å². The largest absolute Gasteiger partial charge is 0.385 e. The fourth-order valence-corrected chi connectivity index (χ4v) is 4.58. The second-order valence-corrected chi connectivity index (χ2v) is 9.76. The Labute approximate surface area is 212 Å². The number of methoxy groups -OCH3 is 1. The number of hydrogen-bond acceptors (Lipinski definition) is 5. The van der Waals surface area contributed by atoms with Gasteiger partial charge in [0.2, 0.25) is 11.8 Å². The van der Waals surface area contributed by atoms with Gasteiger partial charge < -0.3 is 19.3 Å². The number of ether oxygens (including phenoxy) is 2. The third kappa shape index (κ3) is 9.28. The van der Waals surface area contributed by atoms with Crippen LogP contribution in [0.1, 0.15) is 27.3 Å². The van der Waals surface area contributed by atoms with Crippen molar-refractivity contribution in [3.63, 3.8) is 0 Å². The van der Waals surface area contributed by atoms with Crippen LogP contribution in [0.25, 0.3) is 0 Å². The predicted octanol–water partition coefficient (Wildman–Crippen LogP) is 4.67. The van der Waals surface area contributed by atoms with Gasteiger partial charge in [0, 0.05) is 36.6 Å². The first-order chi connectivity index (χ1) is 17.0. The highest BCUT2D eigenvalue weighted by Gasteiger charge is 2.22. The number of aryl methyl sites for hydroxylation is 1. The van der Waals surface area contributed by atoms with Crippen LogP contribution in [0.15, 0.2) is 72.8 Å². The summed E-state index contributed by atoms with van der Waals surface area (Å²) in [5.74, 6) is -0.286. The smallest absolute Gasteiger partial charge is 0.249 e. The number of benzene rings is 2. The Balaban J connectivity index is 1.66. The summed E-state index contributed by atoms with van der Waals surface area (Å²) in [5, 5.41) is 0. The second-order valence-electron chi connectivity index (χ2n) is 8.39. The first-order valence-corrected chi connectivity index (χ1v) is 12.6. The number of carbonyl (C=O) groups is 2. The Morgan fingerprint density at radius 3 is 2.14 bits per heavy atom. The standard InChI is InChI=1S/C28H34N2O4S/c1-23-14-15-26(35-23)19-30(18-24-10-5-3-6-11-24)27(31)20-29(16-9-17-33-2)28(32)22-34-21-25-12-7-4-8-13-25/h3-8,10-15H,9,16-22H2,1-2H3. The van der Waals surface area contributed by atoms with Gasteiger partial charge >= 0.3 is 0 Å². The lowest BCUT2D eigenvalue weighted by molar-refractivity contribution is -0.144. The molecule has 35 heavy (non-hydrogen) atoms. The molecule has 7 heteroatoms. The van der Waals surface area contributed by atoms with Crippen LogP contribution in [-0.4, -0.2) is 55.0 Å². The Kier molecular flexibility index (Phi) is 11.0. The third-order valence-corrected chi connectivity index (χ3v) is 6.49.